The Morgan fingerprint density at radius 3 is 2.87 bits per heavy atom. The van der Waals surface area contributed by atoms with Gasteiger partial charge in [0, 0.05) is 18.7 Å². The Labute approximate surface area is 146 Å². The maximum absolute atomic E-state index is 12.5. The fourth-order valence-electron chi connectivity index (χ4n) is 2.68. The predicted octanol–water partition coefficient (Wildman–Crippen LogP) is 3.95. The van der Waals surface area contributed by atoms with Crippen LogP contribution in [0.3, 0.4) is 0 Å². The third-order valence-electron chi connectivity index (χ3n) is 3.93. The first-order chi connectivity index (χ1) is 11.0. The molecule has 124 valence electrons. The number of hydrogen-bond donors (Lipinski definition) is 0. The van der Waals surface area contributed by atoms with E-state index in [0.717, 1.165) is 19.3 Å². The quantitative estimate of drug-likeness (QED) is 0.606. The van der Waals surface area contributed by atoms with E-state index in [4.69, 9.17) is 27.9 Å². The molecule has 1 aliphatic heterocycles. The van der Waals surface area contributed by atoms with Crippen molar-refractivity contribution in [2.75, 3.05) is 13.7 Å². The number of amides is 1. The van der Waals surface area contributed by atoms with E-state index in [1.807, 2.05) is 0 Å². The van der Waals surface area contributed by atoms with Crippen molar-refractivity contribution in [3.05, 3.63) is 39.9 Å². The molecular formula is C17H19Cl2NO3. The highest BCUT2D eigenvalue weighted by molar-refractivity contribution is 6.42. The summed E-state index contributed by atoms with van der Waals surface area (Å²) < 4.78 is 4.71. The van der Waals surface area contributed by atoms with Gasteiger partial charge in [-0.3, -0.25) is 9.59 Å². The number of carbonyl (C=O) groups excluding carboxylic acids is 2. The van der Waals surface area contributed by atoms with Crippen LogP contribution in [0.25, 0.3) is 6.08 Å². The van der Waals surface area contributed by atoms with Gasteiger partial charge in [-0.15, -0.1) is 0 Å². The highest BCUT2D eigenvalue weighted by atomic mass is 35.5. The van der Waals surface area contributed by atoms with Gasteiger partial charge < -0.3 is 9.64 Å². The number of halogens is 2. The second-order valence-electron chi connectivity index (χ2n) is 5.44. The standard InChI is InChI=1S/C17H19Cl2NO3/c1-23-16(22)11-13-6-2-3-10-20(13)15(21)9-8-12-5-4-7-14(18)17(12)19/h4-5,7-9,13H,2-3,6,10-11H2,1H3/b9-8+/t13-/m0/s1. The summed E-state index contributed by atoms with van der Waals surface area (Å²) in [6.45, 7) is 0.647. The fourth-order valence-corrected chi connectivity index (χ4v) is 3.06. The molecule has 0 saturated carbocycles. The molecule has 0 aromatic heterocycles. The minimum atomic E-state index is -0.295. The van der Waals surface area contributed by atoms with Crippen LogP contribution < -0.4 is 0 Å². The van der Waals surface area contributed by atoms with E-state index in [0.29, 0.717) is 22.2 Å². The number of nitrogens with zero attached hydrogens (tertiary/aromatic N) is 1. The number of carbonyl (C=O) groups is 2. The molecule has 1 fully saturated rings. The van der Waals surface area contributed by atoms with Crippen LogP contribution in [0.15, 0.2) is 24.3 Å². The molecule has 0 bridgehead atoms. The third kappa shape index (κ3) is 4.72. The minimum Gasteiger partial charge on any atom is -0.469 e. The van der Waals surface area contributed by atoms with E-state index in [-0.39, 0.29) is 24.3 Å². The monoisotopic (exact) mass is 355 g/mol. The SMILES string of the molecule is COC(=O)C[C@@H]1CCCCN1C(=O)/C=C/c1cccc(Cl)c1Cl. The maximum atomic E-state index is 12.5. The highest BCUT2D eigenvalue weighted by Gasteiger charge is 2.27. The van der Waals surface area contributed by atoms with Gasteiger partial charge in [-0.1, -0.05) is 35.3 Å². The van der Waals surface area contributed by atoms with Crippen LogP contribution in [0.1, 0.15) is 31.2 Å². The molecule has 1 atom stereocenters. The van der Waals surface area contributed by atoms with Gasteiger partial charge in [0.25, 0.3) is 0 Å². The normalized spacial score (nSPS) is 18.2. The van der Waals surface area contributed by atoms with Crippen molar-refractivity contribution < 1.29 is 14.3 Å². The molecule has 1 aromatic carbocycles. The summed E-state index contributed by atoms with van der Waals surface area (Å²) >= 11 is 12.1. The van der Waals surface area contributed by atoms with Crippen molar-refractivity contribution in [2.45, 2.75) is 31.7 Å². The number of ether oxygens (including phenoxy) is 1. The van der Waals surface area contributed by atoms with Crippen LogP contribution in [0.2, 0.25) is 10.0 Å². The molecule has 1 aliphatic rings. The minimum absolute atomic E-state index is 0.108. The lowest BCUT2D eigenvalue weighted by molar-refractivity contribution is -0.143. The molecule has 23 heavy (non-hydrogen) atoms. The first-order valence-electron chi connectivity index (χ1n) is 7.52. The predicted molar refractivity (Wildman–Crippen MR) is 91.5 cm³/mol. The zero-order chi connectivity index (χ0) is 16.8. The van der Waals surface area contributed by atoms with Gasteiger partial charge in [0.2, 0.25) is 5.91 Å². The second kappa shape index (κ2) is 8.37. The number of likely N-dealkylation sites (tertiary alicyclic amines) is 1. The van der Waals surface area contributed by atoms with Crippen molar-refractivity contribution >= 4 is 41.2 Å². The zero-order valence-corrected chi connectivity index (χ0v) is 14.4. The molecule has 4 nitrogen and oxygen atoms in total. The van der Waals surface area contributed by atoms with E-state index in [9.17, 15) is 9.59 Å². The average Bonchev–Trinajstić information content (AvgIpc) is 2.56. The van der Waals surface area contributed by atoms with Gasteiger partial charge in [0.1, 0.15) is 0 Å². The van der Waals surface area contributed by atoms with E-state index in [2.05, 4.69) is 0 Å². The fraction of sp³-hybridized carbons (Fsp3) is 0.412. The van der Waals surface area contributed by atoms with Crippen molar-refractivity contribution in [1.29, 1.82) is 0 Å². The Kier molecular flexibility index (Phi) is 6.48. The lowest BCUT2D eigenvalue weighted by atomic mass is 9.99. The summed E-state index contributed by atoms with van der Waals surface area (Å²) in [6.07, 6.45) is 6.12. The van der Waals surface area contributed by atoms with E-state index in [1.54, 1.807) is 29.2 Å². The molecule has 2 rings (SSSR count). The highest BCUT2D eigenvalue weighted by Crippen LogP contribution is 2.27. The Balaban J connectivity index is 2.09. The Morgan fingerprint density at radius 2 is 2.13 bits per heavy atom. The third-order valence-corrected chi connectivity index (χ3v) is 4.76. The summed E-state index contributed by atoms with van der Waals surface area (Å²) in [5.74, 6) is -0.425. The van der Waals surface area contributed by atoms with Crippen LogP contribution in [0, 0.1) is 0 Å². The van der Waals surface area contributed by atoms with Gasteiger partial charge >= 0.3 is 5.97 Å². The average molecular weight is 356 g/mol. The summed E-state index contributed by atoms with van der Waals surface area (Å²) in [5, 5.41) is 0.866. The molecule has 1 amide bonds. The van der Waals surface area contributed by atoms with Crippen LogP contribution in [0.4, 0.5) is 0 Å². The summed E-state index contributed by atoms with van der Waals surface area (Å²) in [7, 11) is 1.36. The lowest BCUT2D eigenvalue weighted by Crippen LogP contribution is -2.44. The number of rotatable bonds is 4. The topological polar surface area (TPSA) is 46.6 Å². The molecule has 0 N–H and O–H groups in total. The largest absolute Gasteiger partial charge is 0.469 e. The summed E-state index contributed by atoms with van der Waals surface area (Å²) in [5.41, 5.74) is 0.689. The first kappa shape index (κ1) is 17.8. The maximum Gasteiger partial charge on any atom is 0.307 e. The molecule has 0 aliphatic carbocycles. The number of piperidine rings is 1. The molecular weight excluding hydrogens is 337 g/mol. The molecule has 1 saturated heterocycles. The van der Waals surface area contributed by atoms with Crippen LogP contribution in [0.5, 0.6) is 0 Å². The van der Waals surface area contributed by atoms with Crippen LogP contribution in [-0.2, 0) is 14.3 Å². The smallest absolute Gasteiger partial charge is 0.307 e. The van der Waals surface area contributed by atoms with Gasteiger partial charge in [-0.2, -0.15) is 0 Å². The Morgan fingerprint density at radius 1 is 1.35 bits per heavy atom. The number of benzene rings is 1. The second-order valence-corrected chi connectivity index (χ2v) is 6.22. The lowest BCUT2D eigenvalue weighted by Gasteiger charge is -2.34. The van der Waals surface area contributed by atoms with Crippen LogP contribution >= 0.6 is 23.2 Å². The molecule has 1 heterocycles. The summed E-state index contributed by atoms with van der Waals surface area (Å²) in [4.78, 5) is 25.7. The number of methoxy groups -OCH3 is 1. The molecule has 0 spiro atoms. The number of hydrogen-bond acceptors (Lipinski definition) is 3. The number of esters is 1. The van der Waals surface area contributed by atoms with Crippen LogP contribution in [-0.4, -0.2) is 36.5 Å². The van der Waals surface area contributed by atoms with Crippen molar-refractivity contribution in [3.63, 3.8) is 0 Å². The van der Waals surface area contributed by atoms with Crippen molar-refractivity contribution in [3.8, 4) is 0 Å². The van der Waals surface area contributed by atoms with Gasteiger partial charge in [0.05, 0.1) is 23.6 Å². The Hall–Kier alpha value is -1.52. The van der Waals surface area contributed by atoms with E-state index < -0.39 is 0 Å². The molecule has 6 heteroatoms. The van der Waals surface area contributed by atoms with Crippen molar-refractivity contribution in [1.82, 2.24) is 4.90 Å². The van der Waals surface area contributed by atoms with E-state index >= 15 is 0 Å². The Bertz CT molecular complexity index is 616. The van der Waals surface area contributed by atoms with Crippen molar-refractivity contribution in [2.24, 2.45) is 0 Å². The molecule has 0 unspecified atom stereocenters. The molecule has 0 radical (unpaired) electrons. The summed E-state index contributed by atoms with van der Waals surface area (Å²) in [6, 6.07) is 5.16. The molecule has 1 aromatic rings. The van der Waals surface area contributed by atoms with Gasteiger partial charge in [-0.25, -0.2) is 0 Å². The first-order valence-corrected chi connectivity index (χ1v) is 8.28. The van der Waals surface area contributed by atoms with Gasteiger partial charge in [-0.05, 0) is 37.0 Å². The zero-order valence-electron chi connectivity index (χ0n) is 12.9. The van der Waals surface area contributed by atoms with E-state index in [1.165, 1.54) is 13.2 Å². The van der Waals surface area contributed by atoms with Gasteiger partial charge in [0.15, 0.2) is 0 Å².